The second kappa shape index (κ2) is 13.0. The van der Waals surface area contributed by atoms with Crippen molar-refractivity contribution in [3.8, 4) is 5.75 Å². The zero-order valence-electron chi connectivity index (χ0n) is 20.5. The quantitative estimate of drug-likeness (QED) is 0.152. The first-order valence-corrected chi connectivity index (χ1v) is 11.7. The fourth-order valence-corrected chi connectivity index (χ4v) is 3.19. The Hall–Kier alpha value is -3.30. The van der Waals surface area contributed by atoms with Gasteiger partial charge in [-0.2, -0.15) is 5.06 Å². The number of aliphatic imine (C=N–C) groups is 1. The van der Waals surface area contributed by atoms with Gasteiger partial charge in [-0.15, -0.1) is 0 Å². The van der Waals surface area contributed by atoms with Crippen molar-refractivity contribution < 1.29 is 24.3 Å². The third-order valence-electron chi connectivity index (χ3n) is 4.95. The highest BCUT2D eigenvalue weighted by Crippen LogP contribution is 2.23. The second-order valence-corrected chi connectivity index (χ2v) is 8.85. The third kappa shape index (κ3) is 8.45. The maximum Gasteiger partial charge on any atom is 0.351 e. The van der Waals surface area contributed by atoms with Crippen LogP contribution in [-0.2, 0) is 16.1 Å². The van der Waals surface area contributed by atoms with Crippen LogP contribution in [0.25, 0.3) is 0 Å². The zero-order valence-corrected chi connectivity index (χ0v) is 21.3. The summed E-state index contributed by atoms with van der Waals surface area (Å²) in [6, 6.07) is 12.9. The number of esters is 1. The Morgan fingerprint density at radius 2 is 1.71 bits per heavy atom. The van der Waals surface area contributed by atoms with Crippen LogP contribution in [0.5, 0.6) is 5.75 Å². The van der Waals surface area contributed by atoms with E-state index in [1.165, 1.54) is 0 Å². The number of hydroxylamine groups is 2. The maximum atomic E-state index is 13.3. The van der Waals surface area contributed by atoms with Gasteiger partial charge in [-0.1, -0.05) is 30.7 Å². The van der Waals surface area contributed by atoms with E-state index in [2.05, 4.69) is 4.99 Å². The summed E-state index contributed by atoms with van der Waals surface area (Å²) >= 11 is 5.98. The average molecular weight is 505 g/mol. The summed E-state index contributed by atoms with van der Waals surface area (Å²) < 4.78 is 10.5. The first-order valence-electron chi connectivity index (χ1n) is 11.3. The summed E-state index contributed by atoms with van der Waals surface area (Å²) in [5.41, 5.74) is 6.19. The summed E-state index contributed by atoms with van der Waals surface area (Å²) in [7, 11) is 0. The second-order valence-electron chi connectivity index (χ2n) is 8.41. The van der Waals surface area contributed by atoms with Crippen molar-refractivity contribution >= 4 is 35.2 Å². The first kappa shape index (κ1) is 27.9. The van der Waals surface area contributed by atoms with Crippen LogP contribution in [0.3, 0.4) is 0 Å². The number of halogens is 1. The van der Waals surface area contributed by atoms with Gasteiger partial charge in [0.15, 0.2) is 0 Å². The molecule has 0 aliphatic carbocycles. The van der Waals surface area contributed by atoms with Crippen molar-refractivity contribution in [2.45, 2.75) is 52.6 Å². The molecule has 0 fully saturated rings. The molecule has 0 radical (unpaired) electrons. The molecular weight excluding hydrogens is 472 g/mol. The van der Waals surface area contributed by atoms with Crippen LogP contribution in [0, 0.1) is 0 Å². The summed E-state index contributed by atoms with van der Waals surface area (Å²) in [6.07, 6.45) is 0.674. The highest BCUT2D eigenvalue weighted by molar-refractivity contribution is 6.30. The van der Waals surface area contributed by atoms with Gasteiger partial charge < -0.3 is 15.2 Å². The van der Waals surface area contributed by atoms with E-state index in [1.54, 1.807) is 69.3 Å². The molecule has 0 aromatic heterocycles. The summed E-state index contributed by atoms with van der Waals surface area (Å²) in [5, 5.41) is 11.8. The van der Waals surface area contributed by atoms with Crippen molar-refractivity contribution in [2.24, 2.45) is 10.7 Å². The summed E-state index contributed by atoms with van der Waals surface area (Å²) in [6.45, 7) is 7.59. The molecule has 2 aromatic rings. The number of guanidine groups is 1. The monoisotopic (exact) mass is 504 g/mol. The molecule has 2 amide bonds. The minimum atomic E-state index is -1.26. The Balaban J connectivity index is 2.32. The van der Waals surface area contributed by atoms with Crippen LogP contribution in [0.15, 0.2) is 53.5 Å². The number of rotatable bonds is 10. The van der Waals surface area contributed by atoms with E-state index in [9.17, 15) is 14.8 Å². The molecule has 0 saturated carbocycles. The minimum absolute atomic E-state index is 0.00950. The Morgan fingerprint density at radius 3 is 2.29 bits per heavy atom. The lowest BCUT2D eigenvalue weighted by Crippen LogP contribution is -2.55. The van der Waals surface area contributed by atoms with Gasteiger partial charge in [-0.3, -0.25) is 14.9 Å². The molecule has 0 aliphatic rings. The van der Waals surface area contributed by atoms with Crippen molar-refractivity contribution in [1.82, 2.24) is 9.96 Å². The molecular formula is C25H33ClN4O5. The predicted octanol–water partition coefficient (Wildman–Crippen LogP) is 5.12. The van der Waals surface area contributed by atoms with Crippen LogP contribution in [0.4, 0.5) is 10.5 Å². The highest BCUT2D eigenvalue weighted by Gasteiger charge is 2.36. The average Bonchev–Trinajstić information content (AvgIpc) is 2.82. The van der Waals surface area contributed by atoms with Crippen LogP contribution in [0.2, 0.25) is 5.02 Å². The van der Waals surface area contributed by atoms with Crippen LogP contribution in [0.1, 0.15) is 46.1 Å². The number of nitrogens with zero attached hydrogens (tertiary/aromatic N) is 3. The number of ether oxygens (including phenoxy) is 2. The standard InChI is InChI=1S/C25H33ClN4O5/c1-5-15-35-21-13-11-20(12-14-21)28-23(27)29(17-18-7-9-19(26)10-8-18)24(32)30(33)25(3,4)16-22(31)34-6-2/h7-14,33H,5-6,15-17H2,1-4H3,(H2,27,28). The molecule has 0 heterocycles. The normalized spacial score (nSPS) is 11.7. The Labute approximate surface area is 211 Å². The van der Waals surface area contributed by atoms with E-state index in [0.29, 0.717) is 33.7 Å². The predicted molar refractivity (Wildman–Crippen MR) is 135 cm³/mol. The number of amides is 2. The smallest absolute Gasteiger partial charge is 0.351 e. The molecule has 0 saturated heterocycles. The molecule has 10 heteroatoms. The molecule has 35 heavy (non-hydrogen) atoms. The molecule has 2 aromatic carbocycles. The van der Waals surface area contributed by atoms with Crippen LogP contribution in [-0.4, -0.2) is 51.9 Å². The lowest BCUT2D eigenvalue weighted by atomic mass is 10.0. The Bertz CT molecular complexity index is 1010. The van der Waals surface area contributed by atoms with Gasteiger partial charge in [-0.25, -0.2) is 9.79 Å². The van der Waals surface area contributed by atoms with Crippen LogP contribution >= 0.6 is 11.6 Å². The molecule has 0 aliphatic heterocycles. The van der Waals surface area contributed by atoms with Gasteiger partial charge in [0.2, 0.25) is 5.96 Å². The fraction of sp³-hybridized carbons (Fsp3) is 0.400. The number of hydrogen-bond donors (Lipinski definition) is 2. The van der Waals surface area contributed by atoms with Gasteiger partial charge in [-0.05, 0) is 69.2 Å². The SMILES string of the molecule is CCCOc1ccc(/N=C(\N)N(Cc2ccc(Cl)cc2)C(=O)N(O)C(C)(C)CC(=O)OCC)cc1. The lowest BCUT2D eigenvalue weighted by Gasteiger charge is -2.35. The topological polar surface area (TPSA) is 118 Å². The molecule has 190 valence electrons. The Kier molecular flexibility index (Phi) is 10.4. The third-order valence-corrected chi connectivity index (χ3v) is 5.20. The highest BCUT2D eigenvalue weighted by atomic mass is 35.5. The molecule has 2 rings (SSSR count). The maximum absolute atomic E-state index is 13.3. The largest absolute Gasteiger partial charge is 0.494 e. The molecule has 0 atom stereocenters. The summed E-state index contributed by atoms with van der Waals surface area (Å²) in [5.74, 6) is 0.0134. The van der Waals surface area contributed by atoms with Crippen molar-refractivity contribution in [1.29, 1.82) is 0 Å². The molecule has 0 spiro atoms. The first-order chi connectivity index (χ1) is 16.6. The van der Waals surface area contributed by atoms with Crippen molar-refractivity contribution in [3.63, 3.8) is 0 Å². The molecule has 9 nitrogen and oxygen atoms in total. The van der Waals surface area contributed by atoms with Crippen LogP contribution < -0.4 is 10.5 Å². The number of urea groups is 1. The van der Waals surface area contributed by atoms with Gasteiger partial charge >= 0.3 is 12.0 Å². The number of carbonyl (C=O) groups is 2. The van der Waals surface area contributed by atoms with Crippen molar-refractivity contribution in [2.75, 3.05) is 13.2 Å². The van der Waals surface area contributed by atoms with Gasteiger partial charge in [0.25, 0.3) is 0 Å². The van der Waals surface area contributed by atoms with E-state index in [0.717, 1.165) is 11.3 Å². The van der Waals surface area contributed by atoms with E-state index in [-0.39, 0.29) is 25.5 Å². The number of hydrogen-bond acceptors (Lipinski definition) is 6. The number of carbonyl (C=O) groups excluding carboxylic acids is 2. The van der Waals surface area contributed by atoms with E-state index >= 15 is 0 Å². The fourth-order valence-electron chi connectivity index (χ4n) is 3.06. The van der Waals surface area contributed by atoms with Gasteiger partial charge in [0.05, 0.1) is 37.4 Å². The van der Waals surface area contributed by atoms with Gasteiger partial charge in [0, 0.05) is 5.02 Å². The number of benzene rings is 2. The molecule has 3 N–H and O–H groups in total. The van der Waals surface area contributed by atoms with E-state index in [1.807, 2.05) is 6.92 Å². The minimum Gasteiger partial charge on any atom is -0.494 e. The number of nitrogens with two attached hydrogens (primary N) is 1. The lowest BCUT2D eigenvalue weighted by molar-refractivity contribution is -0.157. The Morgan fingerprint density at radius 1 is 1.09 bits per heavy atom. The van der Waals surface area contributed by atoms with E-state index in [4.69, 9.17) is 26.8 Å². The summed E-state index contributed by atoms with van der Waals surface area (Å²) in [4.78, 5) is 30.8. The molecule has 0 unspecified atom stereocenters. The van der Waals surface area contributed by atoms with Gasteiger partial charge in [0.1, 0.15) is 5.75 Å². The van der Waals surface area contributed by atoms with Crippen molar-refractivity contribution in [3.05, 3.63) is 59.1 Å². The zero-order chi connectivity index (χ0) is 26.0. The molecule has 0 bridgehead atoms. The van der Waals surface area contributed by atoms with E-state index < -0.39 is 17.5 Å².